The molecule has 0 fully saturated rings. The van der Waals surface area contributed by atoms with Gasteiger partial charge in [-0.3, -0.25) is 9.59 Å². The van der Waals surface area contributed by atoms with Crippen LogP contribution in [0.25, 0.3) is 0 Å². The Hall–Kier alpha value is -0.920. The van der Waals surface area contributed by atoms with Crippen molar-refractivity contribution in [3.63, 3.8) is 0 Å². The number of Topliss-reactive ketones (excluding diaryl/α,β-unsaturated/α-hetero) is 1. The van der Waals surface area contributed by atoms with E-state index in [4.69, 9.17) is 0 Å². The van der Waals surface area contributed by atoms with Crippen LogP contribution >= 0.6 is 0 Å². The molecule has 0 amide bonds. The minimum absolute atomic E-state index is 0.106. The van der Waals surface area contributed by atoms with Gasteiger partial charge in [-0.25, -0.2) is 0 Å². The highest BCUT2D eigenvalue weighted by molar-refractivity contribution is 5.90. The van der Waals surface area contributed by atoms with Gasteiger partial charge in [0.15, 0.2) is 5.78 Å². The average Bonchev–Trinajstić information content (AvgIpc) is 2.02. The third-order valence-electron chi connectivity index (χ3n) is 2.02. The Morgan fingerprint density at radius 2 is 1.71 bits per heavy atom. The normalized spacial score (nSPS) is 12.0. The van der Waals surface area contributed by atoms with Crippen LogP contribution in [-0.2, 0) is 9.59 Å². The van der Waals surface area contributed by atoms with E-state index < -0.39 is 0 Å². The Balaban J connectivity index is 3.76. The summed E-state index contributed by atoms with van der Waals surface area (Å²) in [5, 5.41) is 0. The number of ketones is 2. The summed E-state index contributed by atoms with van der Waals surface area (Å²) >= 11 is 0. The number of hydrogen-bond donors (Lipinski definition) is 0. The molecule has 0 aliphatic heterocycles. The Morgan fingerprint density at radius 1 is 1.14 bits per heavy atom. The molecule has 0 rings (SSSR count). The van der Waals surface area contributed by atoms with E-state index in [0.717, 1.165) is 0 Å². The number of carbonyl (C=O) groups is 2. The van der Waals surface area contributed by atoms with E-state index in [1.54, 1.807) is 12.2 Å². The van der Waals surface area contributed by atoms with Crippen molar-refractivity contribution in [1.29, 1.82) is 0 Å². The zero-order valence-electron chi connectivity index (χ0n) is 9.59. The van der Waals surface area contributed by atoms with E-state index in [0.29, 0.717) is 19.3 Å². The number of hydrogen-bond acceptors (Lipinski definition) is 2. The van der Waals surface area contributed by atoms with Crippen molar-refractivity contribution in [2.75, 3.05) is 0 Å². The first kappa shape index (κ1) is 13.1. The van der Waals surface area contributed by atoms with Crippen LogP contribution in [0.5, 0.6) is 0 Å². The fourth-order valence-corrected chi connectivity index (χ4v) is 1.07. The van der Waals surface area contributed by atoms with Gasteiger partial charge in [0, 0.05) is 18.3 Å². The van der Waals surface area contributed by atoms with Crippen LogP contribution in [0.3, 0.4) is 0 Å². The van der Waals surface area contributed by atoms with Crippen LogP contribution in [0.2, 0.25) is 0 Å². The lowest BCUT2D eigenvalue weighted by Crippen LogP contribution is -2.19. The molecule has 2 heteroatoms. The predicted octanol–water partition coefficient (Wildman–Crippen LogP) is 2.92. The molecule has 0 aliphatic rings. The largest absolute Gasteiger partial charge is 0.299 e. The van der Waals surface area contributed by atoms with Gasteiger partial charge in [-0.1, -0.05) is 26.8 Å². The van der Waals surface area contributed by atoms with Crippen molar-refractivity contribution in [1.82, 2.24) is 0 Å². The van der Waals surface area contributed by atoms with Crippen LogP contribution < -0.4 is 0 Å². The van der Waals surface area contributed by atoms with E-state index in [1.807, 2.05) is 27.7 Å². The van der Waals surface area contributed by atoms with Gasteiger partial charge >= 0.3 is 0 Å². The third kappa shape index (κ3) is 5.68. The van der Waals surface area contributed by atoms with Gasteiger partial charge in [-0.2, -0.15) is 0 Å². The summed E-state index contributed by atoms with van der Waals surface area (Å²) in [4.78, 5) is 22.6. The van der Waals surface area contributed by atoms with Crippen LogP contribution in [0.15, 0.2) is 12.2 Å². The fourth-order valence-electron chi connectivity index (χ4n) is 1.07. The van der Waals surface area contributed by atoms with Gasteiger partial charge in [0.25, 0.3) is 0 Å². The second-order valence-corrected chi connectivity index (χ2v) is 4.49. The van der Waals surface area contributed by atoms with Crippen LogP contribution in [0, 0.1) is 5.41 Å². The molecule has 14 heavy (non-hydrogen) atoms. The van der Waals surface area contributed by atoms with Gasteiger partial charge in [0.1, 0.15) is 5.78 Å². The Morgan fingerprint density at radius 3 is 2.14 bits per heavy atom. The second kappa shape index (κ2) is 5.74. The predicted molar refractivity (Wildman–Crippen MR) is 58.1 cm³/mol. The molecular formula is C12H20O2. The van der Waals surface area contributed by atoms with E-state index in [-0.39, 0.29) is 17.0 Å². The lowest BCUT2D eigenvalue weighted by molar-refractivity contribution is -0.126. The smallest absolute Gasteiger partial charge is 0.155 e. The molecule has 0 heterocycles. The number of allylic oxidation sites excluding steroid dienone is 2. The third-order valence-corrected chi connectivity index (χ3v) is 2.02. The molecule has 0 aromatic rings. The van der Waals surface area contributed by atoms with Gasteiger partial charge < -0.3 is 0 Å². The maximum Gasteiger partial charge on any atom is 0.155 e. The number of rotatable bonds is 5. The monoisotopic (exact) mass is 196 g/mol. The molecule has 0 aromatic carbocycles. The zero-order valence-corrected chi connectivity index (χ0v) is 9.59. The molecule has 0 saturated heterocycles. The minimum atomic E-state index is -0.274. The lowest BCUT2D eigenvalue weighted by Gasteiger charge is -2.15. The first-order valence-electron chi connectivity index (χ1n) is 5.06. The molecule has 80 valence electrons. The molecule has 0 radical (unpaired) electrons. The highest BCUT2D eigenvalue weighted by atomic mass is 16.1. The summed E-state index contributed by atoms with van der Waals surface area (Å²) in [5.41, 5.74) is -0.274. The molecule has 2 nitrogen and oxygen atoms in total. The van der Waals surface area contributed by atoms with E-state index in [1.165, 1.54) is 0 Å². The van der Waals surface area contributed by atoms with Crippen LogP contribution in [-0.4, -0.2) is 11.6 Å². The Labute approximate surface area is 86.4 Å². The molecule has 0 bridgehead atoms. The van der Waals surface area contributed by atoms with Gasteiger partial charge in [0.05, 0.1) is 0 Å². The Bertz CT molecular complexity index is 231. The van der Waals surface area contributed by atoms with E-state index in [9.17, 15) is 9.59 Å². The summed E-state index contributed by atoms with van der Waals surface area (Å²) in [7, 11) is 0. The first-order valence-corrected chi connectivity index (χ1v) is 5.06. The fraction of sp³-hybridized carbons (Fsp3) is 0.667. The van der Waals surface area contributed by atoms with Gasteiger partial charge in [0.2, 0.25) is 0 Å². The van der Waals surface area contributed by atoms with Crippen molar-refractivity contribution >= 4 is 11.6 Å². The van der Waals surface area contributed by atoms with Crippen molar-refractivity contribution < 1.29 is 9.59 Å². The topological polar surface area (TPSA) is 34.1 Å². The molecule has 0 saturated carbocycles. The van der Waals surface area contributed by atoms with Gasteiger partial charge in [-0.05, 0) is 19.4 Å². The molecule has 0 unspecified atom stereocenters. The maximum atomic E-state index is 11.5. The standard InChI is InChI=1S/C12H20O2/c1-5-7-10(13)8-6-9-11(14)12(2,3)4/h5,7H,6,8-9H2,1-4H3/b7-5+. The lowest BCUT2D eigenvalue weighted by atomic mass is 9.88. The highest BCUT2D eigenvalue weighted by Gasteiger charge is 2.20. The minimum Gasteiger partial charge on any atom is -0.299 e. The first-order chi connectivity index (χ1) is 6.38. The molecule has 0 spiro atoms. The van der Waals surface area contributed by atoms with Crippen molar-refractivity contribution in [3.8, 4) is 0 Å². The van der Waals surface area contributed by atoms with Crippen LogP contribution in [0.1, 0.15) is 47.0 Å². The summed E-state index contributed by atoms with van der Waals surface area (Å²) in [6.45, 7) is 7.54. The van der Waals surface area contributed by atoms with Gasteiger partial charge in [-0.15, -0.1) is 0 Å². The summed E-state index contributed by atoms with van der Waals surface area (Å²) in [6, 6.07) is 0. The molecule has 0 aromatic heterocycles. The van der Waals surface area contributed by atoms with Crippen molar-refractivity contribution in [3.05, 3.63) is 12.2 Å². The number of carbonyl (C=O) groups excluding carboxylic acids is 2. The summed E-state index contributed by atoms with van der Waals surface area (Å²) in [6.07, 6.45) is 4.94. The quantitative estimate of drug-likeness (QED) is 0.633. The molecule has 0 N–H and O–H groups in total. The zero-order chi connectivity index (χ0) is 11.2. The molecule has 0 aliphatic carbocycles. The second-order valence-electron chi connectivity index (χ2n) is 4.49. The molecule has 0 atom stereocenters. The SMILES string of the molecule is C/C=C/C(=O)CCCC(=O)C(C)(C)C. The summed E-state index contributed by atoms with van der Waals surface area (Å²) < 4.78 is 0. The van der Waals surface area contributed by atoms with E-state index in [2.05, 4.69) is 0 Å². The van der Waals surface area contributed by atoms with Crippen LogP contribution in [0.4, 0.5) is 0 Å². The van der Waals surface area contributed by atoms with Crippen molar-refractivity contribution in [2.24, 2.45) is 5.41 Å². The maximum absolute atomic E-state index is 11.5. The average molecular weight is 196 g/mol. The highest BCUT2D eigenvalue weighted by Crippen LogP contribution is 2.18. The Kier molecular flexibility index (Phi) is 5.36. The van der Waals surface area contributed by atoms with E-state index >= 15 is 0 Å². The summed E-state index contributed by atoms with van der Waals surface area (Å²) in [5.74, 6) is 0.333. The van der Waals surface area contributed by atoms with Crippen molar-refractivity contribution in [2.45, 2.75) is 47.0 Å². The molecular weight excluding hydrogens is 176 g/mol.